The third-order valence-electron chi connectivity index (χ3n) is 4.66. The van der Waals surface area contributed by atoms with Crippen molar-refractivity contribution in [3.63, 3.8) is 0 Å². The molecule has 0 rings (SSSR count). The molecule has 0 bridgehead atoms. The molecule has 182 valence electrons. The Hall–Kier alpha value is -3.18. The van der Waals surface area contributed by atoms with E-state index in [9.17, 15) is 28.8 Å². The predicted molar refractivity (Wildman–Crippen MR) is 110 cm³/mol. The van der Waals surface area contributed by atoms with E-state index < -0.39 is 47.8 Å². The minimum Gasteiger partial charge on any atom is -0.479 e. The maximum atomic E-state index is 11.6. The molecule has 0 aliphatic rings. The van der Waals surface area contributed by atoms with Crippen LogP contribution in [0.15, 0.2) is 0 Å². The largest absolute Gasteiger partial charge is 0.479 e. The summed E-state index contributed by atoms with van der Waals surface area (Å²) in [7, 11) is 0. The second-order valence-electron chi connectivity index (χ2n) is 7.39. The molecule has 12 nitrogen and oxygen atoms in total. The molecule has 12 heteroatoms. The first kappa shape index (κ1) is 28.8. The second kappa shape index (κ2) is 16.5. The number of amides is 2. The van der Waals surface area contributed by atoms with E-state index in [2.05, 4.69) is 0 Å². The number of carbonyl (C=O) groups is 6. The first-order chi connectivity index (χ1) is 15.1. The molecule has 0 heterocycles. The number of rotatable bonds is 19. The molecule has 0 saturated carbocycles. The van der Waals surface area contributed by atoms with Crippen LogP contribution in [0.5, 0.6) is 0 Å². The number of carbonyl (C=O) groups excluding carboxylic acids is 2. The summed E-state index contributed by atoms with van der Waals surface area (Å²) < 4.78 is 0. The Bertz CT molecular complexity index is 581. The quantitative estimate of drug-likeness (QED) is 0.119. The standard InChI is InChI=1S/C20H32N2O10/c23-13(21-15(17(25)26)18(27)28)11-9-7-5-3-1-2-4-6-8-10-12-14(24)22-16(19(29)30)20(31)32/h15-16H,1-12H2,(H,21,23)(H,22,24)(H,25,26)(H,27,28)(H,29,30)(H,31,32). The van der Waals surface area contributed by atoms with Crippen molar-refractivity contribution in [1.82, 2.24) is 10.6 Å². The van der Waals surface area contributed by atoms with E-state index in [0.29, 0.717) is 12.8 Å². The van der Waals surface area contributed by atoms with Crippen LogP contribution >= 0.6 is 0 Å². The summed E-state index contributed by atoms with van der Waals surface area (Å²) in [6.07, 6.45) is 8.57. The zero-order valence-corrected chi connectivity index (χ0v) is 17.9. The molecule has 2 amide bonds. The first-order valence-corrected chi connectivity index (χ1v) is 10.6. The SMILES string of the molecule is O=C(CCCCCCCCCCCCC(=O)NC(C(=O)O)C(=O)O)NC(C(=O)O)C(=O)O. The average molecular weight is 460 g/mol. The van der Waals surface area contributed by atoms with Crippen LogP contribution in [-0.2, 0) is 28.8 Å². The molecule has 0 radical (unpaired) electrons. The van der Waals surface area contributed by atoms with Gasteiger partial charge in [-0.25, -0.2) is 19.2 Å². The Balaban J connectivity index is 3.62. The van der Waals surface area contributed by atoms with Crippen molar-refractivity contribution in [2.45, 2.75) is 89.1 Å². The van der Waals surface area contributed by atoms with E-state index in [-0.39, 0.29) is 12.8 Å². The van der Waals surface area contributed by atoms with Gasteiger partial charge in [0.1, 0.15) is 0 Å². The number of aliphatic carboxylic acids is 4. The fourth-order valence-electron chi connectivity index (χ4n) is 2.91. The van der Waals surface area contributed by atoms with Crippen molar-refractivity contribution < 1.29 is 49.2 Å². The van der Waals surface area contributed by atoms with Crippen LogP contribution in [0.2, 0.25) is 0 Å². The van der Waals surface area contributed by atoms with Gasteiger partial charge < -0.3 is 31.1 Å². The maximum absolute atomic E-state index is 11.6. The summed E-state index contributed by atoms with van der Waals surface area (Å²) in [5.41, 5.74) is 0. The van der Waals surface area contributed by atoms with Gasteiger partial charge in [-0.15, -0.1) is 0 Å². The zero-order valence-electron chi connectivity index (χ0n) is 17.9. The monoisotopic (exact) mass is 460 g/mol. The zero-order chi connectivity index (χ0) is 24.5. The van der Waals surface area contributed by atoms with Crippen molar-refractivity contribution in [3.8, 4) is 0 Å². The van der Waals surface area contributed by atoms with Gasteiger partial charge in [0.15, 0.2) is 0 Å². The van der Waals surface area contributed by atoms with Gasteiger partial charge >= 0.3 is 23.9 Å². The molecular formula is C20H32N2O10. The van der Waals surface area contributed by atoms with Crippen molar-refractivity contribution in [3.05, 3.63) is 0 Å². The molecule has 0 atom stereocenters. The lowest BCUT2D eigenvalue weighted by Gasteiger charge is -2.10. The summed E-state index contributed by atoms with van der Waals surface area (Å²) >= 11 is 0. The summed E-state index contributed by atoms with van der Waals surface area (Å²) in [6, 6.07) is -3.86. The average Bonchev–Trinajstić information content (AvgIpc) is 2.69. The molecule has 0 aromatic carbocycles. The van der Waals surface area contributed by atoms with E-state index in [1.807, 2.05) is 10.6 Å². The van der Waals surface area contributed by atoms with Crippen LogP contribution in [0.1, 0.15) is 77.0 Å². The fraction of sp³-hybridized carbons (Fsp3) is 0.700. The number of unbranched alkanes of at least 4 members (excludes halogenated alkanes) is 9. The second-order valence-corrected chi connectivity index (χ2v) is 7.39. The molecule has 32 heavy (non-hydrogen) atoms. The highest BCUT2D eigenvalue weighted by Gasteiger charge is 2.27. The lowest BCUT2D eigenvalue weighted by molar-refractivity contribution is -0.154. The summed E-state index contributed by atoms with van der Waals surface area (Å²) in [4.78, 5) is 65.9. The summed E-state index contributed by atoms with van der Waals surface area (Å²) in [5, 5.41) is 38.7. The molecule has 0 aliphatic carbocycles. The van der Waals surface area contributed by atoms with Crippen LogP contribution in [-0.4, -0.2) is 68.2 Å². The minimum atomic E-state index is -1.93. The van der Waals surface area contributed by atoms with Crippen LogP contribution in [0, 0.1) is 0 Å². The van der Waals surface area contributed by atoms with Crippen LogP contribution in [0.4, 0.5) is 0 Å². The third-order valence-corrected chi connectivity index (χ3v) is 4.66. The highest BCUT2D eigenvalue weighted by molar-refractivity contribution is 6.01. The van der Waals surface area contributed by atoms with Crippen molar-refractivity contribution in [2.75, 3.05) is 0 Å². The van der Waals surface area contributed by atoms with Gasteiger partial charge in [-0.3, -0.25) is 9.59 Å². The van der Waals surface area contributed by atoms with Gasteiger partial charge in [-0.2, -0.15) is 0 Å². The normalized spacial score (nSPS) is 10.7. The Kier molecular flexibility index (Phi) is 14.9. The molecule has 0 unspecified atom stereocenters. The Morgan fingerprint density at radius 1 is 0.438 bits per heavy atom. The number of carboxylic acid groups (broad SMARTS) is 4. The Labute approximate surface area is 185 Å². The van der Waals surface area contributed by atoms with Crippen molar-refractivity contribution >= 4 is 35.7 Å². The highest BCUT2D eigenvalue weighted by Crippen LogP contribution is 2.12. The van der Waals surface area contributed by atoms with E-state index in [0.717, 1.165) is 51.4 Å². The Morgan fingerprint density at radius 3 is 0.875 bits per heavy atom. The summed E-state index contributed by atoms with van der Waals surface area (Å²) in [5.74, 6) is -7.65. The lowest BCUT2D eigenvalue weighted by atomic mass is 10.0. The molecule has 0 spiro atoms. The predicted octanol–water partition coefficient (Wildman–Crippen LogP) is 0.976. The fourth-order valence-corrected chi connectivity index (χ4v) is 2.91. The number of hydrogen-bond acceptors (Lipinski definition) is 6. The van der Waals surface area contributed by atoms with E-state index in [1.54, 1.807) is 0 Å². The molecule has 0 fully saturated rings. The number of carboxylic acids is 4. The van der Waals surface area contributed by atoms with Crippen LogP contribution < -0.4 is 10.6 Å². The minimum absolute atomic E-state index is 0.0737. The Morgan fingerprint density at radius 2 is 0.656 bits per heavy atom. The maximum Gasteiger partial charge on any atom is 0.338 e. The van der Waals surface area contributed by atoms with Gasteiger partial charge in [0.25, 0.3) is 0 Å². The number of nitrogens with one attached hydrogen (secondary N) is 2. The van der Waals surface area contributed by atoms with Crippen LogP contribution in [0.25, 0.3) is 0 Å². The molecule has 6 N–H and O–H groups in total. The molecular weight excluding hydrogens is 428 g/mol. The molecule has 0 aliphatic heterocycles. The van der Waals surface area contributed by atoms with Crippen molar-refractivity contribution in [1.29, 1.82) is 0 Å². The number of hydrogen-bond donors (Lipinski definition) is 6. The van der Waals surface area contributed by atoms with Crippen LogP contribution in [0.3, 0.4) is 0 Å². The van der Waals surface area contributed by atoms with E-state index in [1.165, 1.54) is 0 Å². The topological polar surface area (TPSA) is 207 Å². The van der Waals surface area contributed by atoms with Crippen molar-refractivity contribution in [2.24, 2.45) is 0 Å². The third kappa shape index (κ3) is 13.9. The van der Waals surface area contributed by atoms with E-state index >= 15 is 0 Å². The molecule has 0 aromatic heterocycles. The first-order valence-electron chi connectivity index (χ1n) is 10.6. The molecule has 0 saturated heterocycles. The highest BCUT2D eigenvalue weighted by atomic mass is 16.4. The van der Waals surface area contributed by atoms with Gasteiger partial charge in [0.2, 0.25) is 23.9 Å². The van der Waals surface area contributed by atoms with E-state index in [4.69, 9.17) is 20.4 Å². The van der Waals surface area contributed by atoms with Gasteiger partial charge in [-0.05, 0) is 12.8 Å². The van der Waals surface area contributed by atoms with Gasteiger partial charge in [0, 0.05) is 12.8 Å². The van der Waals surface area contributed by atoms with Gasteiger partial charge in [0.05, 0.1) is 0 Å². The van der Waals surface area contributed by atoms with Gasteiger partial charge in [-0.1, -0.05) is 51.4 Å². The lowest BCUT2D eigenvalue weighted by Crippen LogP contribution is -2.46. The molecule has 0 aromatic rings. The summed E-state index contributed by atoms with van der Waals surface area (Å²) in [6.45, 7) is 0. The smallest absolute Gasteiger partial charge is 0.338 e.